The normalized spacial score (nSPS) is 12.3. The van der Waals surface area contributed by atoms with E-state index in [0.29, 0.717) is 29.5 Å². The molecular weight excluding hydrogens is 294 g/mol. The maximum absolute atomic E-state index is 11.3. The Morgan fingerprint density at radius 1 is 1.33 bits per heavy atom. The molecule has 21 heavy (non-hydrogen) atoms. The topological polar surface area (TPSA) is 67.8 Å². The number of carboxylic acid groups (broad SMARTS) is 1. The van der Waals surface area contributed by atoms with Crippen LogP contribution in [0.25, 0.3) is 0 Å². The monoisotopic (exact) mass is 315 g/mol. The van der Waals surface area contributed by atoms with E-state index in [2.05, 4.69) is 5.32 Å². The molecule has 1 aromatic rings. The lowest BCUT2D eigenvalue weighted by atomic mass is 10.0. The van der Waals surface area contributed by atoms with E-state index in [1.807, 2.05) is 13.8 Å². The Morgan fingerprint density at radius 2 is 2.00 bits per heavy atom. The first-order valence-electron chi connectivity index (χ1n) is 6.75. The van der Waals surface area contributed by atoms with Crippen LogP contribution in [-0.4, -0.2) is 31.3 Å². The van der Waals surface area contributed by atoms with E-state index in [1.54, 1.807) is 12.1 Å². The minimum Gasteiger partial charge on any atom is -0.493 e. The lowest BCUT2D eigenvalue weighted by molar-refractivity contribution is -0.140. The van der Waals surface area contributed by atoms with E-state index in [9.17, 15) is 9.90 Å². The number of rotatable bonds is 8. The molecule has 0 aromatic heterocycles. The zero-order chi connectivity index (χ0) is 16.0. The van der Waals surface area contributed by atoms with E-state index in [0.717, 1.165) is 5.56 Å². The van der Waals surface area contributed by atoms with E-state index in [4.69, 9.17) is 21.1 Å². The molecule has 0 saturated heterocycles. The number of benzene rings is 1. The van der Waals surface area contributed by atoms with E-state index in [1.165, 1.54) is 14.2 Å². The maximum Gasteiger partial charge on any atom is 0.320 e. The van der Waals surface area contributed by atoms with Crippen molar-refractivity contribution in [3.63, 3.8) is 0 Å². The Labute approximate surface area is 130 Å². The van der Waals surface area contributed by atoms with Crippen LogP contribution >= 0.6 is 11.6 Å². The van der Waals surface area contributed by atoms with Gasteiger partial charge in [-0.3, -0.25) is 4.79 Å². The Balaban J connectivity index is 2.91. The molecule has 0 bridgehead atoms. The van der Waals surface area contributed by atoms with Gasteiger partial charge in [0, 0.05) is 23.2 Å². The molecule has 1 aromatic carbocycles. The smallest absolute Gasteiger partial charge is 0.320 e. The van der Waals surface area contributed by atoms with Gasteiger partial charge in [0.25, 0.3) is 0 Å². The van der Waals surface area contributed by atoms with Crippen LogP contribution in [0.15, 0.2) is 12.1 Å². The molecule has 1 atom stereocenters. The van der Waals surface area contributed by atoms with E-state index < -0.39 is 12.0 Å². The molecular formula is C15H22ClNO4. The summed E-state index contributed by atoms with van der Waals surface area (Å²) in [6.45, 7) is 4.31. The second kappa shape index (κ2) is 8.10. The fraction of sp³-hybridized carbons (Fsp3) is 0.533. The standard InChI is InChI=1S/C15H22ClNO4/c1-9(2)5-12(15(18)19)17-8-10-6-11(16)7-13(20-3)14(10)21-4/h6-7,9,12,17H,5,8H2,1-4H3,(H,18,19). The third-order valence-electron chi connectivity index (χ3n) is 3.06. The molecule has 0 radical (unpaired) electrons. The Bertz CT molecular complexity index is 491. The van der Waals surface area contributed by atoms with Gasteiger partial charge in [-0.2, -0.15) is 0 Å². The number of nitrogens with one attached hydrogen (secondary N) is 1. The molecule has 2 N–H and O–H groups in total. The van der Waals surface area contributed by atoms with Gasteiger partial charge in [-0.1, -0.05) is 25.4 Å². The third kappa shape index (κ3) is 5.10. The van der Waals surface area contributed by atoms with Crippen LogP contribution in [-0.2, 0) is 11.3 Å². The van der Waals surface area contributed by atoms with Crippen molar-refractivity contribution in [3.8, 4) is 11.5 Å². The lowest BCUT2D eigenvalue weighted by Gasteiger charge is -2.18. The zero-order valence-corrected chi connectivity index (χ0v) is 13.5. The fourth-order valence-electron chi connectivity index (χ4n) is 2.11. The molecule has 5 nitrogen and oxygen atoms in total. The van der Waals surface area contributed by atoms with Gasteiger partial charge in [-0.05, 0) is 18.4 Å². The zero-order valence-electron chi connectivity index (χ0n) is 12.8. The van der Waals surface area contributed by atoms with Gasteiger partial charge < -0.3 is 19.9 Å². The summed E-state index contributed by atoms with van der Waals surface area (Å²) in [7, 11) is 3.07. The van der Waals surface area contributed by atoms with Crippen LogP contribution in [0.2, 0.25) is 5.02 Å². The number of ether oxygens (including phenoxy) is 2. The van der Waals surface area contributed by atoms with Crippen molar-refractivity contribution in [1.82, 2.24) is 5.32 Å². The lowest BCUT2D eigenvalue weighted by Crippen LogP contribution is -2.37. The van der Waals surface area contributed by atoms with Crippen LogP contribution in [0, 0.1) is 5.92 Å². The second-order valence-electron chi connectivity index (χ2n) is 5.20. The summed E-state index contributed by atoms with van der Waals surface area (Å²) in [5.41, 5.74) is 0.761. The highest BCUT2D eigenvalue weighted by Crippen LogP contribution is 2.34. The first-order valence-corrected chi connectivity index (χ1v) is 7.13. The Hall–Kier alpha value is -1.46. The molecule has 6 heteroatoms. The van der Waals surface area contributed by atoms with Crippen molar-refractivity contribution in [2.75, 3.05) is 14.2 Å². The number of methoxy groups -OCH3 is 2. The number of carboxylic acids is 1. The number of hydrogen-bond donors (Lipinski definition) is 2. The predicted molar refractivity (Wildman–Crippen MR) is 82.3 cm³/mol. The van der Waals surface area contributed by atoms with Gasteiger partial charge in [0.2, 0.25) is 0 Å². The molecule has 118 valence electrons. The average Bonchev–Trinajstić information content (AvgIpc) is 2.41. The first kappa shape index (κ1) is 17.6. The van der Waals surface area contributed by atoms with Crippen molar-refractivity contribution in [2.24, 2.45) is 5.92 Å². The highest BCUT2D eigenvalue weighted by molar-refractivity contribution is 6.30. The summed E-state index contributed by atoms with van der Waals surface area (Å²) in [6.07, 6.45) is 0.551. The molecule has 0 heterocycles. The van der Waals surface area contributed by atoms with Gasteiger partial charge in [-0.25, -0.2) is 0 Å². The largest absolute Gasteiger partial charge is 0.493 e. The van der Waals surface area contributed by atoms with Gasteiger partial charge in [0.05, 0.1) is 14.2 Å². The molecule has 0 aliphatic heterocycles. The third-order valence-corrected chi connectivity index (χ3v) is 3.28. The van der Waals surface area contributed by atoms with Gasteiger partial charge >= 0.3 is 5.97 Å². The van der Waals surface area contributed by atoms with Crippen LogP contribution in [0.1, 0.15) is 25.8 Å². The Kier molecular flexibility index (Phi) is 6.78. The first-order chi connectivity index (χ1) is 9.88. The summed E-state index contributed by atoms with van der Waals surface area (Å²) in [5.74, 6) is 0.506. The van der Waals surface area contributed by atoms with Gasteiger partial charge in [-0.15, -0.1) is 0 Å². The second-order valence-corrected chi connectivity index (χ2v) is 5.64. The predicted octanol–water partition coefficient (Wildman–Crippen LogP) is 2.95. The van der Waals surface area contributed by atoms with Crippen molar-refractivity contribution in [2.45, 2.75) is 32.9 Å². The summed E-state index contributed by atoms with van der Waals surface area (Å²) in [4.78, 5) is 11.3. The molecule has 0 saturated carbocycles. The average molecular weight is 316 g/mol. The number of aliphatic carboxylic acids is 1. The minimum atomic E-state index is -0.864. The Morgan fingerprint density at radius 3 is 2.48 bits per heavy atom. The SMILES string of the molecule is COc1cc(Cl)cc(CNC(CC(C)C)C(=O)O)c1OC. The summed E-state index contributed by atoms with van der Waals surface area (Å²) < 4.78 is 10.5. The highest BCUT2D eigenvalue weighted by atomic mass is 35.5. The van der Waals surface area contributed by atoms with Gasteiger partial charge in [0.1, 0.15) is 6.04 Å². The number of halogens is 1. The molecule has 1 rings (SSSR count). The van der Waals surface area contributed by atoms with E-state index >= 15 is 0 Å². The minimum absolute atomic E-state index is 0.286. The van der Waals surface area contributed by atoms with Crippen LogP contribution in [0.5, 0.6) is 11.5 Å². The maximum atomic E-state index is 11.3. The number of carbonyl (C=O) groups is 1. The van der Waals surface area contributed by atoms with Crippen molar-refractivity contribution in [1.29, 1.82) is 0 Å². The van der Waals surface area contributed by atoms with Crippen LogP contribution in [0.3, 0.4) is 0 Å². The quantitative estimate of drug-likeness (QED) is 0.772. The molecule has 1 unspecified atom stereocenters. The van der Waals surface area contributed by atoms with E-state index in [-0.39, 0.29) is 5.92 Å². The molecule has 0 amide bonds. The molecule has 0 fully saturated rings. The molecule has 0 aliphatic carbocycles. The number of hydrogen-bond acceptors (Lipinski definition) is 4. The van der Waals surface area contributed by atoms with Gasteiger partial charge in [0.15, 0.2) is 11.5 Å². The van der Waals surface area contributed by atoms with Crippen molar-refractivity contribution >= 4 is 17.6 Å². The molecule has 0 aliphatic rings. The van der Waals surface area contributed by atoms with Crippen LogP contribution < -0.4 is 14.8 Å². The summed E-state index contributed by atoms with van der Waals surface area (Å²) >= 11 is 6.04. The van der Waals surface area contributed by atoms with Crippen molar-refractivity contribution in [3.05, 3.63) is 22.7 Å². The fourth-order valence-corrected chi connectivity index (χ4v) is 2.34. The summed E-state index contributed by atoms with van der Waals surface area (Å²) in [6, 6.07) is 2.79. The summed E-state index contributed by atoms with van der Waals surface area (Å²) in [5, 5.41) is 12.8. The van der Waals surface area contributed by atoms with Crippen molar-refractivity contribution < 1.29 is 19.4 Å². The molecule has 0 spiro atoms. The highest BCUT2D eigenvalue weighted by Gasteiger charge is 2.20. The van der Waals surface area contributed by atoms with Crippen LogP contribution in [0.4, 0.5) is 0 Å².